The zero-order valence-electron chi connectivity index (χ0n) is 7.24. The first-order valence-electron chi connectivity index (χ1n) is 3.65. The van der Waals surface area contributed by atoms with Crippen molar-refractivity contribution < 1.29 is 9.53 Å². The summed E-state index contributed by atoms with van der Waals surface area (Å²) in [6.07, 6.45) is 1.32. The van der Waals surface area contributed by atoms with E-state index in [1.165, 1.54) is 15.9 Å². The number of nitrogens with one attached hydrogen (secondary N) is 1. The molecule has 1 heterocycles. The minimum absolute atomic E-state index is 0.131. The highest BCUT2D eigenvalue weighted by Gasteiger charge is 2.04. The topological polar surface area (TPSA) is 81.2 Å². The number of ether oxygens (including phenoxy) is 1. The third-order valence-electron chi connectivity index (χ3n) is 1.41. The van der Waals surface area contributed by atoms with Crippen LogP contribution in [0.5, 0.6) is 0 Å². The van der Waals surface area contributed by atoms with Gasteiger partial charge >= 0.3 is 11.7 Å². The average molecular weight is 310 g/mol. The van der Waals surface area contributed by atoms with E-state index in [-0.39, 0.29) is 12.2 Å². The summed E-state index contributed by atoms with van der Waals surface area (Å²) >= 11 is 1.72. The number of carbonyl (C=O) groups is 1. The Bertz CT molecular complexity index is 461. The van der Waals surface area contributed by atoms with Crippen molar-refractivity contribution in [3.8, 4) is 0 Å². The fourth-order valence-electron chi connectivity index (χ4n) is 0.767. The van der Waals surface area contributed by atoms with Gasteiger partial charge in [0.05, 0.1) is 28.4 Å². The first kappa shape index (κ1) is 11.0. The number of aromatic amines is 1. The molecule has 0 aliphatic heterocycles. The molecule has 14 heavy (non-hydrogen) atoms. The quantitative estimate of drug-likeness (QED) is 0.606. The first-order valence-corrected chi connectivity index (χ1v) is 4.61. The molecule has 1 rings (SSSR count). The molecule has 76 valence electrons. The zero-order chi connectivity index (χ0) is 10.7. The summed E-state index contributed by atoms with van der Waals surface area (Å²) in [6, 6.07) is 0. The van der Waals surface area contributed by atoms with Gasteiger partial charge < -0.3 is 4.74 Å². The Labute approximate surface area is 92.4 Å². The second-order valence-electron chi connectivity index (χ2n) is 2.51. The van der Waals surface area contributed by atoms with Crippen LogP contribution < -0.4 is 11.2 Å². The summed E-state index contributed by atoms with van der Waals surface area (Å²) in [4.78, 5) is 34.6. The SMILES string of the molecule is CC(=O)OCc1cn(I)c(=O)[nH]c1=O. The minimum Gasteiger partial charge on any atom is -0.461 e. The molecular formula is C7H7IN2O4. The third kappa shape index (κ3) is 2.69. The van der Waals surface area contributed by atoms with Gasteiger partial charge in [-0.3, -0.25) is 14.6 Å². The Balaban J connectivity index is 2.99. The van der Waals surface area contributed by atoms with Gasteiger partial charge in [0, 0.05) is 13.1 Å². The third-order valence-corrected chi connectivity index (χ3v) is 2.12. The largest absolute Gasteiger partial charge is 0.461 e. The van der Waals surface area contributed by atoms with Crippen molar-refractivity contribution in [2.24, 2.45) is 0 Å². The van der Waals surface area contributed by atoms with E-state index in [4.69, 9.17) is 0 Å². The van der Waals surface area contributed by atoms with Gasteiger partial charge in [0.15, 0.2) is 0 Å². The Morgan fingerprint density at radius 3 is 2.86 bits per heavy atom. The van der Waals surface area contributed by atoms with Crippen LogP contribution in [0.15, 0.2) is 15.8 Å². The van der Waals surface area contributed by atoms with Crippen LogP contribution in [0.4, 0.5) is 0 Å². The molecule has 7 heteroatoms. The summed E-state index contributed by atoms with van der Waals surface area (Å²) in [5.41, 5.74) is -0.819. The maximum Gasteiger partial charge on any atom is 0.337 e. The Kier molecular flexibility index (Phi) is 3.44. The van der Waals surface area contributed by atoms with Crippen molar-refractivity contribution in [3.05, 3.63) is 32.6 Å². The highest BCUT2D eigenvalue weighted by atomic mass is 127. The Morgan fingerprint density at radius 2 is 2.29 bits per heavy atom. The number of aromatic nitrogens is 2. The summed E-state index contributed by atoms with van der Waals surface area (Å²) in [6.45, 7) is 1.11. The average Bonchev–Trinajstić information content (AvgIpc) is 2.09. The number of esters is 1. The molecule has 0 amide bonds. The summed E-state index contributed by atoms with van der Waals surface area (Å²) in [5.74, 6) is -0.476. The first-order chi connectivity index (χ1) is 6.50. The maximum atomic E-state index is 11.1. The highest BCUT2D eigenvalue weighted by molar-refractivity contribution is 14.1. The molecule has 6 nitrogen and oxygen atoms in total. The molecule has 0 atom stereocenters. The number of rotatable bonds is 2. The van der Waals surface area contributed by atoms with Gasteiger partial charge in [0.25, 0.3) is 5.56 Å². The van der Waals surface area contributed by atoms with Crippen LogP contribution >= 0.6 is 22.9 Å². The predicted octanol–water partition coefficient (Wildman–Crippen LogP) is -0.202. The van der Waals surface area contributed by atoms with E-state index in [9.17, 15) is 14.4 Å². The fourth-order valence-corrected chi connectivity index (χ4v) is 1.22. The molecule has 0 bridgehead atoms. The van der Waals surface area contributed by atoms with Crippen molar-refractivity contribution in [3.63, 3.8) is 0 Å². The molecule has 0 fully saturated rings. The number of hydrogen-bond acceptors (Lipinski definition) is 4. The minimum atomic E-state index is -0.538. The van der Waals surface area contributed by atoms with E-state index in [0.29, 0.717) is 0 Å². The van der Waals surface area contributed by atoms with Crippen molar-refractivity contribution >= 4 is 28.8 Å². The number of carbonyl (C=O) groups excluding carboxylic acids is 1. The van der Waals surface area contributed by atoms with Crippen molar-refractivity contribution in [2.45, 2.75) is 13.5 Å². The van der Waals surface area contributed by atoms with Crippen LogP contribution in [-0.2, 0) is 16.1 Å². The maximum absolute atomic E-state index is 11.1. The molecule has 1 aromatic rings. The van der Waals surface area contributed by atoms with E-state index in [1.54, 1.807) is 22.9 Å². The van der Waals surface area contributed by atoms with Crippen molar-refractivity contribution in [1.82, 2.24) is 7.76 Å². The molecule has 1 N–H and O–H groups in total. The molecule has 0 saturated heterocycles. The van der Waals surface area contributed by atoms with Gasteiger partial charge in [0.2, 0.25) is 0 Å². The van der Waals surface area contributed by atoms with Gasteiger partial charge in [-0.15, -0.1) is 0 Å². The molecule has 0 aromatic carbocycles. The van der Waals surface area contributed by atoms with Crippen LogP contribution in [0.3, 0.4) is 0 Å². The number of H-pyrrole nitrogens is 1. The normalized spacial score (nSPS) is 9.86. The van der Waals surface area contributed by atoms with Crippen LogP contribution in [-0.4, -0.2) is 13.7 Å². The molecule has 0 radical (unpaired) electrons. The second-order valence-corrected chi connectivity index (χ2v) is 3.54. The van der Waals surface area contributed by atoms with Gasteiger partial charge in [0.1, 0.15) is 6.61 Å². The number of nitrogens with zero attached hydrogens (tertiary/aromatic N) is 1. The molecular weight excluding hydrogens is 303 g/mol. The van der Waals surface area contributed by atoms with Gasteiger partial charge in [-0.05, 0) is 0 Å². The molecule has 0 aliphatic rings. The van der Waals surface area contributed by atoms with E-state index in [2.05, 4.69) is 9.72 Å². The predicted molar refractivity (Wildman–Crippen MR) is 56.2 cm³/mol. The van der Waals surface area contributed by atoms with E-state index in [0.717, 1.165) is 0 Å². The van der Waals surface area contributed by atoms with E-state index < -0.39 is 17.2 Å². The molecule has 0 aliphatic carbocycles. The van der Waals surface area contributed by atoms with Gasteiger partial charge in [-0.25, -0.2) is 7.58 Å². The standard InChI is InChI=1S/C7H7IN2O4/c1-4(11)14-3-5-2-10(8)7(13)9-6(5)12/h2H,3H2,1H3,(H,9,12,13). The molecule has 0 saturated carbocycles. The summed E-state index contributed by atoms with van der Waals surface area (Å²) in [7, 11) is 0. The molecule has 1 aromatic heterocycles. The smallest absolute Gasteiger partial charge is 0.337 e. The molecule has 0 spiro atoms. The summed E-state index contributed by atoms with van der Waals surface area (Å²) in [5, 5.41) is 0. The highest BCUT2D eigenvalue weighted by Crippen LogP contribution is 1.94. The van der Waals surface area contributed by atoms with E-state index in [1.807, 2.05) is 0 Å². The van der Waals surface area contributed by atoms with Crippen LogP contribution in [0, 0.1) is 0 Å². The van der Waals surface area contributed by atoms with Crippen molar-refractivity contribution in [2.75, 3.05) is 0 Å². The van der Waals surface area contributed by atoms with Crippen LogP contribution in [0.25, 0.3) is 0 Å². The monoisotopic (exact) mass is 310 g/mol. The van der Waals surface area contributed by atoms with E-state index >= 15 is 0 Å². The number of hydrogen-bond donors (Lipinski definition) is 1. The lowest BCUT2D eigenvalue weighted by molar-refractivity contribution is -0.142. The molecule has 0 unspecified atom stereocenters. The second kappa shape index (κ2) is 4.40. The zero-order valence-corrected chi connectivity index (χ0v) is 9.40. The lowest BCUT2D eigenvalue weighted by Crippen LogP contribution is -2.28. The number of halogens is 1. The van der Waals surface area contributed by atoms with Crippen LogP contribution in [0.1, 0.15) is 12.5 Å². The lowest BCUT2D eigenvalue weighted by atomic mass is 10.4. The fraction of sp³-hybridized carbons (Fsp3) is 0.286. The van der Waals surface area contributed by atoms with Gasteiger partial charge in [-0.2, -0.15) is 0 Å². The Hall–Kier alpha value is -1.12. The summed E-state index contributed by atoms with van der Waals surface area (Å²) < 4.78 is 5.80. The van der Waals surface area contributed by atoms with Crippen LogP contribution in [0.2, 0.25) is 0 Å². The lowest BCUT2D eigenvalue weighted by Gasteiger charge is -2.01. The Morgan fingerprint density at radius 1 is 1.64 bits per heavy atom. The van der Waals surface area contributed by atoms with Crippen molar-refractivity contribution in [1.29, 1.82) is 0 Å². The van der Waals surface area contributed by atoms with Gasteiger partial charge in [-0.1, -0.05) is 0 Å².